The van der Waals surface area contributed by atoms with Crippen LogP contribution in [-0.4, -0.2) is 65.7 Å². The van der Waals surface area contributed by atoms with Crippen LogP contribution in [0, 0.1) is 5.92 Å². The van der Waals surface area contributed by atoms with Gasteiger partial charge in [-0.3, -0.25) is 0 Å². The Hall–Kier alpha value is -1.30. The molecule has 0 bridgehead atoms. The van der Waals surface area contributed by atoms with Gasteiger partial charge in [-0.1, -0.05) is 0 Å². The van der Waals surface area contributed by atoms with Crippen molar-refractivity contribution in [3.63, 3.8) is 0 Å². The predicted octanol–water partition coefficient (Wildman–Crippen LogP) is 0.195. The number of amides is 2. The number of nitrogens with zero attached hydrogens (tertiary/aromatic N) is 2. The second kappa shape index (κ2) is 5.14. The number of hydrogen-bond donors (Lipinski definition) is 2. The summed E-state index contributed by atoms with van der Waals surface area (Å²) in [5, 5.41) is 11.9. The number of aliphatic carboxylic acids is 1. The van der Waals surface area contributed by atoms with Gasteiger partial charge in [0.05, 0.1) is 6.04 Å². The Kier molecular flexibility index (Phi) is 3.75. The number of nitrogens with one attached hydrogen (secondary N) is 1. The van der Waals surface area contributed by atoms with Crippen molar-refractivity contribution < 1.29 is 14.7 Å². The highest BCUT2D eigenvalue weighted by Crippen LogP contribution is 2.24. The van der Waals surface area contributed by atoms with E-state index in [2.05, 4.69) is 17.3 Å². The summed E-state index contributed by atoms with van der Waals surface area (Å²) < 4.78 is 0. The van der Waals surface area contributed by atoms with Gasteiger partial charge in [-0.05, 0) is 45.8 Å². The van der Waals surface area contributed by atoms with Gasteiger partial charge in [0.2, 0.25) is 0 Å². The monoisotopic (exact) mass is 255 g/mol. The summed E-state index contributed by atoms with van der Waals surface area (Å²) in [5.41, 5.74) is 0. The minimum absolute atomic E-state index is 0.105. The van der Waals surface area contributed by atoms with E-state index in [1.165, 1.54) is 4.90 Å². The molecule has 18 heavy (non-hydrogen) atoms. The first-order chi connectivity index (χ1) is 8.49. The van der Waals surface area contributed by atoms with Gasteiger partial charge in [-0.25, -0.2) is 9.59 Å². The maximum Gasteiger partial charge on any atom is 0.326 e. The van der Waals surface area contributed by atoms with E-state index >= 15 is 0 Å². The minimum atomic E-state index is -0.950. The van der Waals surface area contributed by atoms with Gasteiger partial charge in [0.15, 0.2) is 0 Å². The van der Waals surface area contributed by atoms with Crippen molar-refractivity contribution in [2.24, 2.45) is 5.92 Å². The van der Waals surface area contributed by atoms with E-state index in [0.29, 0.717) is 12.5 Å². The average molecular weight is 255 g/mol. The van der Waals surface area contributed by atoms with Crippen molar-refractivity contribution in [1.82, 2.24) is 15.1 Å². The number of carboxylic acid groups (broad SMARTS) is 1. The molecule has 2 aliphatic heterocycles. The largest absolute Gasteiger partial charge is 0.480 e. The minimum Gasteiger partial charge on any atom is -0.480 e. The molecule has 2 unspecified atom stereocenters. The normalized spacial score (nSPS) is 28.2. The summed E-state index contributed by atoms with van der Waals surface area (Å²) in [6.45, 7) is 4.16. The van der Waals surface area contributed by atoms with Crippen LogP contribution >= 0.6 is 0 Å². The third kappa shape index (κ3) is 2.58. The zero-order valence-corrected chi connectivity index (χ0v) is 10.9. The Bertz CT molecular complexity index is 339. The molecular weight excluding hydrogens is 234 g/mol. The Labute approximate surface area is 107 Å². The van der Waals surface area contributed by atoms with Gasteiger partial charge in [-0.2, -0.15) is 0 Å². The number of carbonyl (C=O) groups is 2. The molecule has 2 atom stereocenters. The van der Waals surface area contributed by atoms with E-state index in [9.17, 15) is 9.59 Å². The standard InChI is InChI=1S/C12H21N3O3/c1-8(11(16)17)15-7-10(13-12(15)18)9-3-5-14(2)6-4-9/h8-10H,3-7H2,1-2H3,(H,13,18)(H,16,17). The molecule has 102 valence electrons. The maximum absolute atomic E-state index is 11.8. The van der Waals surface area contributed by atoms with Gasteiger partial charge < -0.3 is 20.2 Å². The molecule has 0 aliphatic carbocycles. The van der Waals surface area contributed by atoms with Gasteiger partial charge in [0.25, 0.3) is 0 Å². The lowest BCUT2D eigenvalue weighted by molar-refractivity contribution is -0.141. The summed E-state index contributed by atoms with van der Waals surface area (Å²) in [5.74, 6) is -0.481. The fourth-order valence-electron chi connectivity index (χ4n) is 2.75. The zero-order valence-electron chi connectivity index (χ0n) is 10.9. The highest BCUT2D eigenvalue weighted by atomic mass is 16.4. The van der Waals surface area contributed by atoms with Crippen LogP contribution in [0.25, 0.3) is 0 Å². The smallest absolute Gasteiger partial charge is 0.326 e. The molecule has 2 amide bonds. The van der Waals surface area contributed by atoms with E-state index in [1.54, 1.807) is 6.92 Å². The molecule has 2 aliphatic rings. The number of hydrogen-bond acceptors (Lipinski definition) is 3. The molecule has 0 saturated carbocycles. The molecule has 2 N–H and O–H groups in total. The van der Waals surface area contributed by atoms with E-state index in [0.717, 1.165) is 25.9 Å². The number of likely N-dealkylation sites (tertiary alicyclic amines) is 1. The second-order valence-electron chi connectivity index (χ2n) is 5.36. The Morgan fingerprint density at radius 2 is 2.06 bits per heavy atom. The van der Waals surface area contributed by atoms with Crippen LogP contribution < -0.4 is 5.32 Å². The highest BCUT2D eigenvalue weighted by molar-refractivity contribution is 5.84. The van der Waals surface area contributed by atoms with E-state index in [4.69, 9.17) is 5.11 Å². The fourth-order valence-corrected chi connectivity index (χ4v) is 2.75. The lowest BCUT2D eigenvalue weighted by Crippen LogP contribution is -2.41. The first-order valence-electron chi connectivity index (χ1n) is 6.47. The fraction of sp³-hybridized carbons (Fsp3) is 0.833. The first kappa shape index (κ1) is 13.1. The maximum atomic E-state index is 11.8. The van der Waals surface area contributed by atoms with Gasteiger partial charge in [-0.15, -0.1) is 0 Å². The molecule has 0 radical (unpaired) electrons. The molecule has 6 nitrogen and oxygen atoms in total. The topological polar surface area (TPSA) is 72.9 Å². The van der Waals surface area contributed by atoms with Crippen LogP contribution in [0.4, 0.5) is 4.79 Å². The second-order valence-corrected chi connectivity index (χ2v) is 5.36. The molecule has 2 saturated heterocycles. The number of piperidine rings is 1. The number of carbonyl (C=O) groups excluding carboxylic acids is 1. The third-order valence-corrected chi connectivity index (χ3v) is 4.12. The molecular formula is C12H21N3O3. The lowest BCUT2D eigenvalue weighted by Gasteiger charge is -2.32. The molecule has 0 spiro atoms. The molecule has 2 rings (SSSR count). The van der Waals surface area contributed by atoms with Crippen molar-refractivity contribution in [2.45, 2.75) is 31.8 Å². The molecule has 6 heteroatoms. The molecule has 2 fully saturated rings. The number of rotatable bonds is 3. The number of carboxylic acids is 1. The summed E-state index contributed by atoms with van der Waals surface area (Å²) in [7, 11) is 2.10. The van der Waals surface area contributed by atoms with E-state index in [-0.39, 0.29) is 12.1 Å². The van der Waals surface area contributed by atoms with Crippen LogP contribution in [0.15, 0.2) is 0 Å². The van der Waals surface area contributed by atoms with Crippen LogP contribution in [-0.2, 0) is 4.79 Å². The highest BCUT2D eigenvalue weighted by Gasteiger charge is 2.38. The van der Waals surface area contributed by atoms with Crippen molar-refractivity contribution in [3.8, 4) is 0 Å². The van der Waals surface area contributed by atoms with Gasteiger partial charge in [0.1, 0.15) is 6.04 Å². The van der Waals surface area contributed by atoms with Crippen molar-refractivity contribution in [1.29, 1.82) is 0 Å². The SMILES string of the molecule is CC(C(=O)O)N1CC(C2CCN(C)CC2)NC1=O. The Balaban J connectivity index is 1.94. The Morgan fingerprint density at radius 3 is 2.61 bits per heavy atom. The summed E-state index contributed by atoms with van der Waals surface area (Å²) >= 11 is 0. The van der Waals surface area contributed by atoms with Crippen LogP contribution in [0.2, 0.25) is 0 Å². The predicted molar refractivity (Wildman–Crippen MR) is 66.3 cm³/mol. The molecule has 0 aromatic rings. The summed E-state index contributed by atoms with van der Waals surface area (Å²) in [6, 6.07) is -0.886. The van der Waals surface area contributed by atoms with Crippen molar-refractivity contribution >= 4 is 12.0 Å². The van der Waals surface area contributed by atoms with Crippen LogP contribution in [0.3, 0.4) is 0 Å². The van der Waals surface area contributed by atoms with Crippen molar-refractivity contribution in [2.75, 3.05) is 26.7 Å². The zero-order chi connectivity index (χ0) is 13.3. The summed E-state index contributed by atoms with van der Waals surface area (Å²) in [4.78, 5) is 26.4. The number of urea groups is 1. The average Bonchev–Trinajstić information content (AvgIpc) is 2.71. The lowest BCUT2D eigenvalue weighted by atomic mass is 9.90. The quantitative estimate of drug-likeness (QED) is 0.755. The summed E-state index contributed by atoms with van der Waals surface area (Å²) in [6.07, 6.45) is 2.13. The Morgan fingerprint density at radius 1 is 1.44 bits per heavy atom. The van der Waals surface area contributed by atoms with Gasteiger partial charge in [0, 0.05) is 6.54 Å². The van der Waals surface area contributed by atoms with Crippen molar-refractivity contribution in [3.05, 3.63) is 0 Å². The van der Waals surface area contributed by atoms with Crippen LogP contribution in [0.1, 0.15) is 19.8 Å². The first-order valence-corrected chi connectivity index (χ1v) is 6.47. The van der Waals surface area contributed by atoms with E-state index < -0.39 is 12.0 Å². The molecule has 2 heterocycles. The van der Waals surface area contributed by atoms with Crippen LogP contribution in [0.5, 0.6) is 0 Å². The molecule has 0 aromatic heterocycles. The molecule has 0 aromatic carbocycles. The van der Waals surface area contributed by atoms with Gasteiger partial charge >= 0.3 is 12.0 Å². The van der Waals surface area contributed by atoms with E-state index in [1.807, 2.05) is 0 Å². The third-order valence-electron chi connectivity index (χ3n) is 4.12.